The van der Waals surface area contributed by atoms with Gasteiger partial charge in [-0.2, -0.15) is 0 Å². The third-order valence-electron chi connectivity index (χ3n) is 3.55. The molecule has 2 aliphatic carbocycles. The van der Waals surface area contributed by atoms with Crippen molar-refractivity contribution in [3.63, 3.8) is 0 Å². The summed E-state index contributed by atoms with van der Waals surface area (Å²) >= 11 is 1.84. The lowest BCUT2D eigenvalue weighted by atomic mass is 9.98. The van der Waals surface area contributed by atoms with Crippen molar-refractivity contribution in [2.75, 3.05) is 0 Å². The van der Waals surface area contributed by atoms with Gasteiger partial charge in [-0.3, -0.25) is 4.79 Å². The number of allylic oxidation sites excluding steroid dienone is 6. The van der Waals surface area contributed by atoms with Gasteiger partial charge in [0.05, 0.1) is 0 Å². The smallest absolute Gasteiger partial charge is 0.159 e. The van der Waals surface area contributed by atoms with Gasteiger partial charge in [0, 0.05) is 12.0 Å². The molecule has 0 saturated carbocycles. The SMILES string of the molecule is CCC1C=CC=C(SC2=C(C)C(=O)CCC2)C1. The van der Waals surface area contributed by atoms with Crippen LogP contribution in [-0.2, 0) is 4.79 Å². The van der Waals surface area contributed by atoms with Gasteiger partial charge in [0.25, 0.3) is 0 Å². The molecule has 0 heterocycles. The summed E-state index contributed by atoms with van der Waals surface area (Å²) in [5, 5.41) is 0. The highest BCUT2D eigenvalue weighted by molar-refractivity contribution is 8.06. The number of rotatable bonds is 3. The zero-order chi connectivity index (χ0) is 12.3. The lowest BCUT2D eigenvalue weighted by Gasteiger charge is -2.21. The van der Waals surface area contributed by atoms with Crippen LogP contribution in [0.5, 0.6) is 0 Å². The van der Waals surface area contributed by atoms with Crippen LogP contribution in [0.15, 0.2) is 33.6 Å². The minimum absolute atomic E-state index is 0.345. The molecule has 0 amide bonds. The van der Waals surface area contributed by atoms with Crippen molar-refractivity contribution in [1.29, 1.82) is 0 Å². The second kappa shape index (κ2) is 5.72. The van der Waals surface area contributed by atoms with Crippen LogP contribution in [0.1, 0.15) is 46.0 Å². The number of hydrogen-bond acceptors (Lipinski definition) is 2. The molecule has 0 aromatic carbocycles. The molecule has 0 aromatic heterocycles. The van der Waals surface area contributed by atoms with E-state index < -0.39 is 0 Å². The van der Waals surface area contributed by atoms with Gasteiger partial charge in [0.1, 0.15) is 0 Å². The lowest BCUT2D eigenvalue weighted by molar-refractivity contribution is -0.115. The number of thioether (sulfide) groups is 1. The van der Waals surface area contributed by atoms with E-state index in [1.165, 1.54) is 16.2 Å². The minimum atomic E-state index is 0.345. The van der Waals surface area contributed by atoms with Crippen LogP contribution in [0.2, 0.25) is 0 Å². The van der Waals surface area contributed by atoms with E-state index in [2.05, 4.69) is 25.2 Å². The summed E-state index contributed by atoms with van der Waals surface area (Å²) in [5.41, 5.74) is 1.00. The normalized spacial score (nSPS) is 25.2. The molecule has 2 heteroatoms. The summed E-state index contributed by atoms with van der Waals surface area (Å²) in [5.74, 6) is 1.03. The minimum Gasteiger partial charge on any atom is -0.295 e. The quantitative estimate of drug-likeness (QED) is 0.725. The maximum absolute atomic E-state index is 11.7. The fraction of sp³-hybridized carbons (Fsp3) is 0.533. The molecule has 0 aromatic rings. The van der Waals surface area contributed by atoms with Gasteiger partial charge in [-0.15, -0.1) is 0 Å². The number of carbonyl (C=O) groups is 1. The molecule has 0 saturated heterocycles. The predicted molar refractivity (Wildman–Crippen MR) is 74.8 cm³/mol. The molecular formula is C15H20OS. The molecule has 0 N–H and O–H groups in total. The van der Waals surface area contributed by atoms with Gasteiger partial charge in [0.15, 0.2) is 5.78 Å². The highest BCUT2D eigenvalue weighted by Gasteiger charge is 2.19. The molecule has 1 unspecified atom stereocenters. The van der Waals surface area contributed by atoms with Crippen LogP contribution >= 0.6 is 11.8 Å². The Balaban J connectivity index is 2.06. The van der Waals surface area contributed by atoms with E-state index in [4.69, 9.17) is 0 Å². The molecule has 17 heavy (non-hydrogen) atoms. The molecule has 0 spiro atoms. The van der Waals surface area contributed by atoms with Crippen LogP contribution in [0.3, 0.4) is 0 Å². The van der Waals surface area contributed by atoms with Crippen LogP contribution in [0.4, 0.5) is 0 Å². The predicted octanol–water partition coefficient (Wildman–Crippen LogP) is 4.62. The van der Waals surface area contributed by atoms with E-state index >= 15 is 0 Å². The molecule has 0 bridgehead atoms. The van der Waals surface area contributed by atoms with E-state index in [9.17, 15) is 4.79 Å². The highest BCUT2D eigenvalue weighted by Crippen LogP contribution is 2.39. The molecule has 0 fully saturated rings. The summed E-state index contributed by atoms with van der Waals surface area (Å²) in [6, 6.07) is 0. The van der Waals surface area contributed by atoms with E-state index in [1.54, 1.807) is 0 Å². The van der Waals surface area contributed by atoms with E-state index in [1.807, 2.05) is 18.7 Å². The van der Waals surface area contributed by atoms with Crippen LogP contribution in [0, 0.1) is 5.92 Å². The topological polar surface area (TPSA) is 17.1 Å². The van der Waals surface area contributed by atoms with Crippen molar-refractivity contribution in [1.82, 2.24) is 0 Å². The van der Waals surface area contributed by atoms with Gasteiger partial charge in [-0.1, -0.05) is 36.9 Å². The van der Waals surface area contributed by atoms with Crippen LogP contribution in [0.25, 0.3) is 0 Å². The Morgan fingerprint density at radius 1 is 1.41 bits per heavy atom. The molecule has 1 nitrogen and oxygen atoms in total. The van der Waals surface area contributed by atoms with Crippen LogP contribution < -0.4 is 0 Å². The highest BCUT2D eigenvalue weighted by atomic mass is 32.2. The standard InChI is InChI=1S/C15H20OS/c1-3-12-6-4-7-13(10-12)17-15-9-5-8-14(16)11(15)2/h4,6-7,12H,3,5,8-10H2,1-2H3. The second-order valence-corrected chi connectivity index (χ2v) is 6.04. The van der Waals surface area contributed by atoms with Gasteiger partial charge in [-0.05, 0) is 48.3 Å². The first-order valence-corrected chi connectivity index (χ1v) is 7.30. The lowest BCUT2D eigenvalue weighted by Crippen LogP contribution is -2.08. The van der Waals surface area contributed by atoms with Crippen molar-refractivity contribution in [2.24, 2.45) is 5.92 Å². The van der Waals surface area contributed by atoms with Gasteiger partial charge in [0.2, 0.25) is 0 Å². The van der Waals surface area contributed by atoms with Gasteiger partial charge < -0.3 is 0 Å². The number of carbonyl (C=O) groups excluding carboxylic acids is 1. The first-order chi connectivity index (χ1) is 8.20. The molecule has 2 aliphatic rings. The third kappa shape index (κ3) is 3.12. The van der Waals surface area contributed by atoms with E-state index in [-0.39, 0.29) is 0 Å². The molecule has 1 atom stereocenters. The fourth-order valence-electron chi connectivity index (χ4n) is 2.30. The van der Waals surface area contributed by atoms with Gasteiger partial charge in [-0.25, -0.2) is 0 Å². The summed E-state index contributed by atoms with van der Waals surface area (Å²) < 4.78 is 0. The summed E-state index contributed by atoms with van der Waals surface area (Å²) in [6.45, 7) is 4.22. The fourth-order valence-corrected chi connectivity index (χ4v) is 3.57. The Kier molecular flexibility index (Phi) is 4.27. The zero-order valence-electron chi connectivity index (χ0n) is 10.7. The monoisotopic (exact) mass is 248 g/mol. The van der Waals surface area contributed by atoms with Crippen molar-refractivity contribution in [2.45, 2.75) is 46.0 Å². The molecule has 0 aliphatic heterocycles. The second-order valence-electron chi connectivity index (χ2n) is 4.82. The van der Waals surface area contributed by atoms with E-state index in [0.717, 1.165) is 31.3 Å². The summed E-state index contributed by atoms with van der Waals surface area (Å²) in [7, 11) is 0. The Hall–Kier alpha value is -0.760. The number of hydrogen-bond donors (Lipinski definition) is 0. The van der Waals surface area contributed by atoms with Crippen LogP contribution in [-0.4, -0.2) is 5.78 Å². The Labute approximate surface area is 108 Å². The maximum atomic E-state index is 11.7. The average molecular weight is 248 g/mol. The maximum Gasteiger partial charge on any atom is 0.159 e. The molecule has 92 valence electrons. The van der Waals surface area contributed by atoms with Gasteiger partial charge >= 0.3 is 0 Å². The first kappa shape index (κ1) is 12.7. The summed E-state index contributed by atoms with van der Waals surface area (Å²) in [6.07, 6.45) is 11.9. The van der Waals surface area contributed by atoms with Crippen molar-refractivity contribution in [3.05, 3.63) is 33.6 Å². The zero-order valence-corrected chi connectivity index (χ0v) is 11.5. The van der Waals surface area contributed by atoms with E-state index in [0.29, 0.717) is 11.7 Å². The molecular weight excluding hydrogens is 228 g/mol. The Morgan fingerprint density at radius 3 is 3.00 bits per heavy atom. The largest absolute Gasteiger partial charge is 0.295 e. The van der Waals surface area contributed by atoms with Crippen molar-refractivity contribution < 1.29 is 4.79 Å². The Bertz CT molecular complexity index is 401. The molecule has 0 radical (unpaired) electrons. The number of Topliss-reactive ketones (excluding diaryl/α,β-unsaturated/α-hetero) is 1. The van der Waals surface area contributed by atoms with Crippen molar-refractivity contribution >= 4 is 17.5 Å². The molecule has 2 rings (SSSR count). The third-order valence-corrected chi connectivity index (χ3v) is 4.87. The Morgan fingerprint density at radius 2 is 2.24 bits per heavy atom. The summed E-state index contributed by atoms with van der Waals surface area (Å²) in [4.78, 5) is 14.4. The first-order valence-electron chi connectivity index (χ1n) is 6.49. The number of ketones is 1. The average Bonchev–Trinajstić information content (AvgIpc) is 2.35. The van der Waals surface area contributed by atoms with Crippen molar-refractivity contribution in [3.8, 4) is 0 Å².